The summed E-state index contributed by atoms with van der Waals surface area (Å²) in [5.74, 6) is -0.553. The molecule has 0 aliphatic heterocycles. The summed E-state index contributed by atoms with van der Waals surface area (Å²) >= 11 is 0. The van der Waals surface area contributed by atoms with E-state index >= 15 is 0 Å². The lowest BCUT2D eigenvalue weighted by molar-refractivity contribution is 0.00933. The summed E-state index contributed by atoms with van der Waals surface area (Å²) in [5.41, 5.74) is 9.67. The molecule has 0 fully saturated rings. The molecule has 7 heteroatoms. The number of rotatable bonds is 5. The van der Waals surface area contributed by atoms with E-state index in [-0.39, 0.29) is 6.61 Å². The number of nitrogens with two attached hydrogens (primary N) is 1. The van der Waals surface area contributed by atoms with E-state index in [9.17, 15) is 4.79 Å². The van der Waals surface area contributed by atoms with Crippen molar-refractivity contribution in [3.63, 3.8) is 0 Å². The third kappa shape index (κ3) is 5.44. The van der Waals surface area contributed by atoms with Gasteiger partial charge in [-0.1, -0.05) is 30.3 Å². The van der Waals surface area contributed by atoms with Gasteiger partial charge in [-0.25, -0.2) is 9.78 Å². The zero-order chi connectivity index (χ0) is 21.3. The van der Waals surface area contributed by atoms with Gasteiger partial charge in [-0.05, 0) is 48.5 Å². The van der Waals surface area contributed by atoms with Crippen molar-refractivity contribution in [1.29, 1.82) is 0 Å². The molecule has 4 rings (SSSR count). The van der Waals surface area contributed by atoms with Crippen molar-refractivity contribution in [2.45, 2.75) is 6.10 Å². The molecular formula is C23H23N3O4. The number of ether oxygens (including phenoxy) is 1. The van der Waals surface area contributed by atoms with Crippen molar-refractivity contribution < 1.29 is 19.7 Å². The molecule has 0 aliphatic carbocycles. The van der Waals surface area contributed by atoms with Crippen LogP contribution in [0.1, 0.15) is 10.4 Å². The molecule has 0 saturated carbocycles. The maximum Gasteiger partial charge on any atom is 0.338 e. The fourth-order valence-corrected chi connectivity index (χ4v) is 2.68. The van der Waals surface area contributed by atoms with Gasteiger partial charge in [0, 0.05) is 11.4 Å². The molecule has 1 unspecified atom stereocenters. The number of carbonyl (C=O) groups is 1. The summed E-state index contributed by atoms with van der Waals surface area (Å²) in [7, 11) is 0. The Morgan fingerprint density at radius 1 is 1.00 bits per heavy atom. The molecule has 3 aromatic carbocycles. The van der Waals surface area contributed by atoms with E-state index in [1.807, 2.05) is 42.7 Å². The van der Waals surface area contributed by atoms with Crippen LogP contribution in [0.4, 0.5) is 5.69 Å². The molecule has 0 spiro atoms. The third-order valence-electron chi connectivity index (χ3n) is 4.25. The predicted molar refractivity (Wildman–Crippen MR) is 115 cm³/mol. The van der Waals surface area contributed by atoms with Gasteiger partial charge in [-0.2, -0.15) is 0 Å². The number of benzene rings is 3. The number of para-hydroxylation sites is 3. The quantitative estimate of drug-likeness (QED) is 0.348. The lowest BCUT2D eigenvalue weighted by atomic mass is 10.2. The second-order valence-electron chi connectivity index (χ2n) is 6.50. The van der Waals surface area contributed by atoms with Gasteiger partial charge in [0.1, 0.15) is 19.0 Å². The average Bonchev–Trinajstić information content (AvgIpc) is 3.23. The van der Waals surface area contributed by atoms with E-state index in [0.717, 1.165) is 16.7 Å². The highest BCUT2D eigenvalue weighted by Crippen LogP contribution is 2.17. The van der Waals surface area contributed by atoms with Gasteiger partial charge < -0.3 is 20.7 Å². The summed E-state index contributed by atoms with van der Waals surface area (Å²) in [6.45, 7) is -0.658. The van der Waals surface area contributed by atoms with E-state index < -0.39 is 18.7 Å². The van der Waals surface area contributed by atoms with Crippen LogP contribution < -0.4 is 5.73 Å². The van der Waals surface area contributed by atoms with Gasteiger partial charge in [0.2, 0.25) is 0 Å². The number of hydrogen-bond donors (Lipinski definition) is 3. The number of carbonyl (C=O) groups excluding carboxylic acids is 1. The van der Waals surface area contributed by atoms with Crippen LogP contribution in [0.25, 0.3) is 16.7 Å². The summed E-state index contributed by atoms with van der Waals surface area (Å²) < 4.78 is 6.82. The minimum Gasteiger partial charge on any atom is -0.459 e. The van der Waals surface area contributed by atoms with Gasteiger partial charge >= 0.3 is 5.97 Å². The Morgan fingerprint density at radius 3 is 2.37 bits per heavy atom. The van der Waals surface area contributed by atoms with E-state index in [0.29, 0.717) is 11.3 Å². The zero-order valence-corrected chi connectivity index (χ0v) is 16.3. The van der Waals surface area contributed by atoms with Crippen molar-refractivity contribution in [2.24, 2.45) is 0 Å². The van der Waals surface area contributed by atoms with Crippen LogP contribution in [-0.4, -0.2) is 45.1 Å². The van der Waals surface area contributed by atoms with E-state index in [4.69, 9.17) is 20.7 Å². The Kier molecular flexibility index (Phi) is 7.15. The number of aliphatic hydroxyl groups is 2. The number of aromatic nitrogens is 2. The SMILES string of the molecule is Nc1ccc(C(=O)OCC(O)CO)cc1.c1ccc(-n2cnc3ccccc32)cc1. The normalized spacial score (nSPS) is 11.4. The van der Waals surface area contributed by atoms with Gasteiger partial charge in [0.25, 0.3) is 0 Å². The molecule has 1 heterocycles. The number of hydrogen-bond acceptors (Lipinski definition) is 6. The summed E-state index contributed by atoms with van der Waals surface area (Å²) in [6, 6.07) is 24.6. The van der Waals surface area contributed by atoms with Crippen LogP contribution in [0.2, 0.25) is 0 Å². The average molecular weight is 405 g/mol. The fraction of sp³-hybridized carbons (Fsp3) is 0.130. The molecular weight excluding hydrogens is 382 g/mol. The van der Waals surface area contributed by atoms with E-state index in [2.05, 4.69) is 27.8 Å². The Morgan fingerprint density at radius 2 is 1.67 bits per heavy atom. The van der Waals surface area contributed by atoms with Crippen molar-refractivity contribution in [2.75, 3.05) is 18.9 Å². The van der Waals surface area contributed by atoms with Crippen molar-refractivity contribution >= 4 is 22.7 Å². The highest BCUT2D eigenvalue weighted by atomic mass is 16.5. The minimum absolute atomic E-state index is 0.223. The number of fused-ring (bicyclic) bond motifs is 1. The number of imidazole rings is 1. The monoisotopic (exact) mass is 405 g/mol. The molecule has 30 heavy (non-hydrogen) atoms. The van der Waals surface area contributed by atoms with Crippen molar-refractivity contribution in [3.05, 3.63) is 90.8 Å². The first-order valence-electron chi connectivity index (χ1n) is 9.37. The Labute approximate surface area is 174 Å². The lowest BCUT2D eigenvalue weighted by Crippen LogP contribution is -2.21. The van der Waals surface area contributed by atoms with E-state index in [1.54, 1.807) is 12.1 Å². The molecule has 0 radical (unpaired) electrons. The first-order chi connectivity index (χ1) is 14.6. The largest absolute Gasteiger partial charge is 0.459 e. The van der Waals surface area contributed by atoms with E-state index in [1.165, 1.54) is 12.1 Å². The maximum atomic E-state index is 11.3. The van der Waals surface area contributed by atoms with Crippen LogP contribution in [0.5, 0.6) is 0 Å². The molecule has 0 amide bonds. The van der Waals surface area contributed by atoms with Crippen LogP contribution >= 0.6 is 0 Å². The number of anilines is 1. The molecule has 1 atom stereocenters. The first kappa shape index (κ1) is 21.0. The van der Waals surface area contributed by atoms with Crippen LogP contribution in [0.3, 0.4) is 0 Å². The lowest BCUT2D eigenvalue weighted by Gasteiger charge is -2.08. The molecule has 154 valence electrons. The number of nitrogen functional groups attached to an aromatic ring is 1. The van der Waals surface area contributed by atoms with Gasteiger partial charge in [0.05, 0.1) is 23.2 Å². The van der Waals surface area contributed by atoms with Crippen LogP contribution in [-0.2, 0) is 4.74 Å². The van der Waals surface area contributed by atoms with Gasteiger partial charge in [-0.3, -0.25) is 4.57 Å². The van der Waals surface area contributed by atoms with Gasteiger partial charge in [-0.15, -0.1) is 0 Å². The predicted octanol–water partition coefficient (Wildman–Crippen LogP) is 2.80. The smallest absolute Gasteiger partial charge is 0.338 e. The highest BCUT2D eigenvalue weighted by Gasteiger charge is 2.09. The highest BCUT2D eigenvalue weighted by molar-refractivity contribution is 5.89. The number of nitrogens with zero attached hydrogens (tertiary/aromatic N) is 2. The molecule has 7 nitrogen and oxygen atoms in total. The second-order valence-corrected chi connectivity index (χ2v) is 6.50. The fourth-order valence-electron chi connectivity index (χ4n) is 2.68. The molecule has 0 aliphatic rings. The molecule has 1 aromatic heterocycles. The zero-order valence-electron chi connectivity index (χ0n) is 16.3. The first-order valence-corrected chi connectivity index (χ1v) is 9.37. The van der Waals surface area contributed by atoms with Crippen LogP contribution in [0, 0.1) is 0 Å². The maximum absolute atomic E-state index is 11.3. The topological polar surface area (TPSA) is 111 Å². The Balaban J connectivity index is 0.000000171. The molecule has 0 saturated heterocycles. The molecule has 4 N–H and O–H groups in total. The minimum atomic E-state index is -1.04. The Hall–Kier alpha value is -3.68. The standard InChI is InChI=1S/C13H10N2.C10H13NO4/c1-2-6-11(7-3-1)15-10-14-12-8-4-5-9-13(12)15;11-8-3-1-7(2-4-8)10(14)15-6-9(13)5-12/h1-10H;1-4,9,12-13H,5-6,11H2. The van der Waals surface area contributed by atoms with Crippen LogP contribution in [0.15, 0.2) is 85.2 Å². The molecule has 0 bridgehead atoms. The molecule has 4 aromatic rings. The number of aliphatic hydroxyl groups excluding tert-OH is 2. The summed E-state index contributed by atoms with van der Waals surface area (Å²) in [5, 5.41) is 17.4. The Bertz CT molecular complexity index is 1080. The summed E-state index contributed by atoms with van der Waals surface area (Å²) in [6.07, 6.45) is 0.822. The summed E-state index contributed by atoms with van der Waals surface area (Å²) in [4.78, 5) is 15.7. The number of esters is 1. The second kappa shape index (κ2) is 10.2. The van der Waals surface area contributed by atoms with Gasteiger partial charge in [0.15, 0.2) is 0 Å². The third-order valence-corrected chi connectivity index (χ3v) is 4.25. The van der Waals surface area contributed by atoms with Crippen molar-refractivity contribution in [1.82, 2.24) is 9.55 Å². The van der Waals surface area contributed by atoms with Crippen molar-refractivity contribution in [3.8, 4) is 5.69 Å².